The first-order chi connectivity index (χ1) is 14.3. The van der Waals surface area contributed by atoms with E-state index in [4.69, 9.17) is 4.74 Å². The second-order valence-electron chi connectivity index (χ2n) is 7.92. The van der Waals surface area contributed by atoms with E-state index in [1.54, 1.807) is 11.0 Å². The summed E-state index contributed by atoms with van der Waals surface area (Å²) in [7, 11) is -3.72. The number of ether oxygens (including phenoxy) is 1. The number of amides is 1. The highest BCUT2D eigenvalue weighted by molar-refractivity contribution is 7.89. The third-order valence-electron chi connectivity index (χ3n) is 5.58. The minimum absolute atomic E-state index is 0.133. The van der Waals surface area contributed by atoms with E-state index in [9.17, 15) is 13.2 Å². The first-order valence-corrected chi connectivity index (χ1v) is 11.7. The van der Waals surface area contributed by atoms with Gasteiger partial charge in [0, 0.05) is 32.6 Å². The summed E-state index contributed by atoms with van der Waals surface area (Å²) >= 11 is 0. The number of nitrogens with one attached hydrogen (secondary N) is 1. The molecule has 30 heavy (non-hydrogen) atoms. The van der Waals surface area contributed by atoms with Gasteiger partial charge in [-0.3, -0.25) is 9.69 Å². The summed E-state index contributed by atoms with van der Waals surface area (Å²) in [5, 5.41) is 0. The van der Waals surface area contributed by atoms with Crippen LogP contribution < -0.4 is 14.4 Å². The van der Waals surface area contributed by atoms with E-state index in [0.29, 0.717) is 31.1 Å². The van der Waals surface area contributed by atoms with Crippen LogP contribution in [0.15, 0.2) is 47.4 Å². The van der Waals surface area contributed by atoms with Crippen LogP contribution in [0.4, 0.5) is 5.69 Å². The average Bonchev–Trinajstić information content (AvgIpc) is 2.72. The fraction of sp³-hybridized carbons (Fsp3) is 0.409. The fourth-order valence-electron chi connectivity index (χ4n) is 4.16. The zero-order valence-corrected chi connectivity index (χ0v) is 18.1. The van der Waals surface area contributed by atoms with Crippen molar-refractivity contribution in [1.29, 1.82) is 0 Å². The first kappa shape index (κ1) is 20.8. The quantitative estimate of drug-likeness (QED) is 0.788. The van der Waals surface area contributed by atoms with E-state index in [2.05, 4.69) is 27.8 Å². The molecule has 160 valence electrons. The van der Waals surface area contributed by atoms with Gasteiger partial charge in [0.15, 0.2) is 0 Å². The molecule has 2 aliphatic rings. The van der Waals surface area contributed by atoms with Gasteiger partial charge in [-0.1, -0.05) is 24.3 Å². The molecular formula is C22H27N3O4S. The van der Waals surface area contributed by atoms with Gasteiger partial charge in [-0.05, 0) is 42.7 Å². The minimum atomic E-state index is -3.72. The predicted octanol–water partition coefficient (Wildman–Crippen LogP) is 2.16. The molecule has 0 aliphatic carbocycles. The Morgan fingerprint density at radius 3 is 2.70 bits per heavy atom. The third kappa shape index (κ3) is 4.35. The van der Waals surface area contributed by atoms with Crippen LogP contribution in [-0.2, 0) is 27.8 Å². The minimum Gasteiger partial charge on any atom is -0.490 e. The van der Waals surface area contributed by atoms with Crippen LogP contribution in [-0.4, -0.2) is 51.5 Å². The van der Waals surface area contributed by atoms with Gasteiger partial charge in [-0.15, -0.1) is 0 Å². The van der Waals surface area contributed by atoms with Crippen molar-refractivity contribution in [2.24, 2.45) is 0 Å². The van der Waals surface area contributed by atoms with Gasteiger partial charge < -0.3 is 9.64 Å². The number of fused-ring (bicyclic) bond motifs is 2. The molecule has 4 rings (SSSR count). The largest absolute Gasteiger partial charge is 0.490 e. The summed E-state index contributed by atoms with van der Waals surface area (Å²) in [4.78, 5) is 15.9. The summed E-state index contributed by atoms with van der Waals surface area (Å²) in [6, 6.07) is 12.8. The van der Waals surface area contributed by atoms with Crippen LogP contribution in [0.25, 0.3) is 0 Å². The molecule has 0 saturated heterocycles. The smallest absolute Gasteiger partial charge is 0.240 e. The molecule has 8 heteroatoms. The maximum absolute atomic E-state index is 13.0. The lowest BCUT2D eigenvalue weighted by Crippen LogP contribution is -2.43. The molecule has 1 N–H and O–H groups in total. The maximum atomic E-state index is 13.0. The SMILES string of the molecule is CC(=O)N1CCOc2ccc(S(=O)(=O)N[C@@H](C)CN3CCc4ccccc4C3)cc21. The number of sulfonamides is 1. The van der Waals surface area contributed by atoms with Crippen molar-refractivity contribution in [1.82, 2.24) is 9.62 Å². The van der Waals surface area contributed by atoms with E-state index >= 15 is 0 Å². The molecule has 0 saturated carbocycles. The summed E-state index contributed by atoms with van der Waals surface area (Å²) < 4.78 is 34.3. The third-order valence-corrected chi connectivity index (χ3v) is 7.17. The highest BCUT2D eigenvalue weighted by Crippen LogP contribution is 2.34. The van der Waals surface area contributed by atoms with Crippen LogP contribution in [0.3, 0.4) is 0 Å². The summed E-state index contributed by atoms with van der Waals surface area (Å²) in [5.74, 6) is 0.385. The Morgan fingerprint density at radius 1 is 1.17 bits per heavy atom. The number of nitrogens with zero attached hydrogens (tertiary/aromatic N) is 2. The van der Waals surface area contributed by atoms with E-state index in [0.717, 1.165) is 19.5 Å². The van der Waals surface area contributed by atoms with Gasteiger partial charge >= 0.3 is 0 Å². The molecule has 0 fully saturated rings. The van der Waals surface area contributed by atoms with Crippen molar-refractivity contribution in [2.75, 3.05) is 31.1 Å². The molecular weight excluding hydrogens is 402 g/mol. The van der Waals surface area contributed by atoms with E-state index < -0.39 is 10.0 Å². The first-order valence-electron chi connectivity index (χ1n) is 10.2. The van der Waals surface area contributed by atoms with Crippen molar-refractivity contribution in [2.45, 2.75) is 37.8 Å². The van der Waals surface area contributed by atoms with Crippen molar-refractivity contribution < 1.29 is 17.9 Å². The molecule has 0 aromatic heterocycles. The monoisotopic (exact) mass is 429 g/mol. The standard InChI is InChI=1S/C22H27N3O4S/c1-16(14-24-10-9-18-5-3-4-6-19(18)15-24)23-30(27,28)20-7-8-22-21(13-20)25(17(2)26)11-12-29-22/h3-8,13,16,23H,9-12,14-15H2,1-2H3/t16-/m0/s1. The lowest BCUT2D eigenvalue weighted by atomic mass is 10.00. The lowest BCUT2D eigenvalue weighted by molar-refractivity contribution is -0.116. The average molecular weight is 430 g/mol. The van der Waals surface area contributed by atoms with Gasteiger partial charge in [0.25, 0.3) is 0 Å². The summed E-state index contributed by atoms with van der Waals surface area (Å²) in [6.07, 6.45) is 0.974. The summed E-state index contributed by atoms with van der Waals surface area (Å²) in [6.45, 7) is 6.51. The maximum Gasteiger partial charge on any atom is 0.240 e. The van der Waals surface area contributed by atoms with Crippen molar-refractivity contribution in [3.63, 3.8) is 0 Å². The van der Waals surface area contributed by atoms with Crippen LogP contribution in [0.2, 0.25) is 0 Å². The number of anilines is 1. The van der Waals surface area contributed by atoms with Gasteiger partial charge in [0.2, 0.25) is 15.9 Å². The Hall–Kier alpha value is -2.42. The van der Waals surface area contributed by atoms with E-state index in [1.807, 2.05) is 13.0 Å². The van der Waals surface area contributed by atoms with Crippen molar-refractivity contribution >= 4 is 21.6 Å². The molecule has 0 radical (unpaired) electrons. The topological polar surface area (TPSA) is 78.9 Å². The highest BCUT2D eigenvalue weighted by Gasteiger charge is 2.26. The zero-order valence-electron chi connectivity index (χ0n) is 17.3. The second kappa shape index (κ2) is 8.37. The highest BCUT2D eigenvalue weighted by atomic mass is 32.2. The number of carbonyl (C=O) groups is 1. The summed E-state index contributed by atoms with van der Waals surface area (Å²) in [5.41, 5.74) is 3.17. The Morgan fingerprint density at radius 2 is 1.93 bits per heavy atom. The Labute approximate surface area is 177 Å². The molecule has 7 nitrogen and oxygen atoms in total. The second-order valence-corrected chi connectivity index (χ2v) is 9.64. The van der Waals surface area contributed by atoms with Gasteiger partial charge in [0.05, 0.1) is 17.1 Å². The van der Waals surface area contributed by atoms with E-state index in [-0.39, 0.29) is 16.8 Å². The van der Waals surface area contributed by atoms with E-state index in [1.165, 1.54) is 30.2 Å². The number of benzene rings is 2. The number of carbonyl (C=O) groups excluding carboxylic acids is 1. The van der Waals surface area contributed by atoms with Crippen molar-refractivity contribution in [3.8, 4) is 5.75 Å². The predicted molar refractivity (Wildman–Crippen MR) is 115 cm³/mol. The van der Waals surface area contributed by atoms with Crippen LogP contribution in [0, 0.1) is 0 Å². The van der Waals surface area contributed by atoms with Crippen LogP contribution >= 0.6 is 0 Å². The molecule has 0 spiro atoms. The molecule has 2 aromatic rings. The Bertz CT molecular complexity index is 1050. The van der Waals surface area contributed by atoms with Crippen LogP contribution in [0.5, 0.6) is 5.75 Å². The molecule has 2 aliphatic heterocycles. The van der Waals surface area contributed by atoms with Crippen LogP contribution in [0.1, 0.15) is 25.0 Å². The molecule has 0 bridgehead atoms. The molecule has 2 heterocycles. The lowest BCUT2D eigenvalue weighted by Gasteiger charge is -2.31. The number of hydrogen-bond donors (Lipinski definition) is 1. The number of hydrogen-bond acceptors (Lipinski definition) is 5. The fourth-order valence-corrected chi connectivity index (χ4v) is 5.41. The van der Waals surface area contributed by atoms with Crippen molar-refractivity contribution in [3.05, 3.63) is 53.6 Å². The Kier molecular flexibility index (Phi) is 5.81. The normalized spacial score (nSPS) is 17.6. The Balaban J connectivity index is 1.45. The molecule has 2 aromatic carbocycles. The molecule has 1 atom stereocenters. The number of rotatable bonds is 5. The van der Waals surface area contributed by atoms with Gasteiger partial charge in [0.1, 0.15) is 12.4 Å². The van der Waals surface area contributed by atoms with Gasteiger partial charge in [-0.2, -0.15) is 0 Å². The molecule has 0 unspecified atom stereocenters. The van der Waals surface area contributed by atoms with Gasteiger partial charge in [-0.25, -0.2) is 13.1 Å². The zero-order chi connectivity index (χ0) is 21.3. The molecule has 1 amide bonds.